The number of hydrogen-bond acceptors (Lipinski definition) is 3. The quantitative estimate of drug-likeness (QED) is 0.880. The van der Waals surface area contributed by atoms with Crippen LogP contribution in [0.4, 0.5) is 0 Å². The lowest BCUT2D eigenvalue weighted by molar-refractivity contribution is 0.0699. The number of nitrogens with one attached hydrogen (secondary N) is 1. The van der Waals surface area contributed by atoms with Crippen molar-refractivity contribution >= 4 is 17.0 Å². The Morgan fingerprint density at radius 3 is 2.95 bits per heavy atom. The molecule has 6 nitrogen and oxygen atoms in total. The SMILES string of the molecule is CN1CCCC1Cn1c(=O)[nH]c2c(C(=O)O)cccc21. The van der Waals surface area contributed by atoms with Crippen molar-refractivity contribution in [1.29, 1.82) is 0 Å². The zero-order chi connectivity index (χ0) is 14.3. The molecule has 3 rings (SSSR count). The molecule has 0 saturated carbocycles. The van der Waals surface area contributed by atoms with Crippen molar-refractivity contribution in [2.24, 2.45) is 0 Å². The first-order chi connectivity index (χ1) is 9.58. The van der Waals surface area contributed by atoms with Crippen molar-refractivity contribution in [2.45, 2.75) is 25.4 Å². The zero-order valence-corrected chi connectivity index (χ0v) is 11.3. The van der Waals surface area contributed by atoms with E-state index in [1.165, 1.54) is 6.07 Å². The van der Waals surface area contributed by atoms with Crippen molar-refractivity contribution in [3.63, 3.8) is 0 Å². The van der Waals surface area contributed by atoms with E-state index in [-0.39, 0.29) is 11.3 Å². The van der Waals surface area contributed by atoms with Crippen molar-refractivity contribution < 1.29 is 9.90 Å². The Labute approximate surface area is 115 Å². The maximum atomic E-state index is 12.1. The Balaban J connectivity index is 2.07. The number of aromatic nitrogens is 2. The smallest absolute Gasteiger partial charge is 0.337 e. The molecule has 1 aromatic carbocycles. The molecule has 1 atom stereocenters. The Kier molecular flexibility index (Phi) is 3.10. The molecule has 0 bridgehead atoms. The maximum Gasteiger partial charge on any atom is 0.337 e. The molecule has 0 aliphatic carbocycles. The number of carboxylic acids is 1. The summed E-state index contributed by atoms with van der Waals surface area (Å²) in [6.45, 7) is 1.64. The van der Waals surface area contributed by atoms with E-state index in [0.717, 1.165) is 19.4 Å². The average Bonchev–Trinajstić information content (AvgIpc) is 2.94. The number of fused-ring (bicyclic) bond motifs is 1. The lowest BCUT2D eigenvalue weighted by Gasteiger charge is -2.19. The molecule has 1 aromatic heterocycles. The van der Waals surface area contributed by atoms with Gasteiger partial charge in [0, 0.05) is 12.6 Å². The van der Waals surface area contributed by atoms with Gasteiger partial charge in [-0.2, -0.15) is 0 Å². The Morgan fingerprint density at radius 1 is 1.50 bits per heavy atom. The van der Waals surface area contributed by atoms with Crippen molar-refractivity contribution in [2.75, 3.05) is 13.6 Å². The minimum Gasteiger partial charge on any atom is -0.478 e. The molecule has 20 heavy (non-hydrogen) atoms. The molecule has 1 aliphatic heterocycles. The summed E-state index contributed by atoms with van der Waals surface area (Å²) in [7, 11) is 2.06. The van der Waals surface area contributed by atoms with Crippen LogP contribution >= 0.6 is 0 Å². The molecule has 0 radical (unpaired) electrons. The fraction of sp³-hybridized carbons (Fsp3) is 0.429. The predicted molar refractivity (Wildman–Crippen MR) is 75.2 cm³/mol. The monoisotopic (exact) mass is 275 g/mol. The molecule has 2 N–H and O–H groups in total. The van der Waals surface area contributed by atoms with Gasteiger partial charge in [-0.05, 0) is 38.6 Å². The van der Waals surface area contributed by atoms with Gasteiger partial charge in [-0.15, -0.1) is 0 Å². The number of aromatic carboxylic acids is 1. The molecule has 0 spiro atoms. The van der Waals surface area contributed by atoms with E-state index in [9.17, 15) is 9.59 Å². The highest BCUT2D eigenvalue weighted by molar-refractivity contribution is 6.00. The minimum absolute atomic E-state index is 0.137. The van der Waals surface area contributed by atoms with E-state index in [1.807, 2.05) is 0 Å². The van der Waals surface area contributed by atoms with Gasteiger partial charge in [-0.3, -0.25) is 4.57 Å². The topological polar surface area (TPSA) is 78.3 Å². The maximum absolute atomic E-state index is 12.1. The Morgan fingerprint density at radius 2 is 2.30 bits per heavy atom. The fourth-order valence-corrected chi connectivity index (χ4v) is 2.96. The third kappa shape index (κ3) is 2.02. The molecular formula is C14H17N3O3. The minimum atomic E-state index is -1.03. The van der Waals surface area contributed by atoms with E-state index in [0.29, 0.717) is 23.6 Å². The number of carbonyl (C=O) groups is 1. The number of nitrogens with zero attached hydrogens (tertiary/aromatic N) is 2. The number of likely N-dealkylation sites (tertiary alicyclic amines) is 1. The van der Waals surface area contributed by atoms with Crippen LogP contribution in [0.3, 0.4) is 0 Å². The van der Waals surface area contributed by atoms with Crippen LogP contribution in [0.1, 0.15) is 23.2 Å². The second kappa shape index (κ2) is 4.79. The summed E-state index contributed by atoms with van der Waals surface area (Å²) in [5.74, 6) is -1.03. The molecule has 2 aromatic rings. The number of H-pyrrole nitrogens is 1. The van der Waals surface area contributed by atoms with E-state index in [4.69, 9.17) is 5.11 Å². The van der Waals surface area contributed by atoms with Crippen LogP contribution in [0.2, 0.25) is 0 Å². The first-order valence-corrected chi connectivity index (χ1v) is 6.73. The number of aromatic amines is 1. The molecule has 106 valence electrons. The number of hydrogen-bond donors (Lipinski definition) is 2. The fourth-order valence-electron chi connectivity index (χ4n) is 2.96. The van der Waals surface area contributed by atoms with E-state index < -0.39 is 5.97 Å². The molecule has 1 aliphatic rings. The van der Waals surface area contributed by atoms with Crippen molar-refractivity contribution in [1.82, 2.24) is 14.5 Å². The summed E-state index contributed by atoms with van der Waals surface area (Å²) in [5, 5.41) is 9.17. The number of para-hydroxylation sites is 1. The van der Waals surface area contributed by atoms with Crippen molar-refractivity contribution in [3.05, 3.63) is 34.2 Å². The summed E-state index contributed by atoms with van der Waals surface area (Å²) < 4.78 is 1.65. The van der Waals surface area contributed by atoms with E-state index in [2.05, 4.69) is 16.9 Å². The number of likely N-dealkylation sites (N-methyl/N-ethyl adjacent to an activating group) is 1. The van der Waals surface area contributed by atoms with Gasteiger partial charge >= 0.3 is 11.7 Å². The van der Waals surface area contributed by atoms with Gasteiger partial charge in [0.25, 0.3) is 0 Å². The molecule has 1 unspecified atom stereocenters. The first-order valence-electron chi connectivity index (χ1n) is 6.73. The predicted octanol–water partition coefficient (Wildman–Crippen LogP) is 1.12. The number of carboxylic acid groups (broad SMARTS) is 1. The average molecular weight is 275 g/mol. The molecular weight excluding hydrogens is 258 g/mol. The Bertz CT molecular complexity index is 716. The van der Waals surface area contributed by atoms with Gasteiger partial charge in [-0.25, -0.2) is 9.59 Å². The molecule has 6 heteroatoms. The van der Waals surface area contributed by atoms with Crippen LogP contribution in [0.25, 0.3) is 11.0 Å². The van der Waals surface area contributed by atoms with Gasteiger partial charge in [-0.1, -0.05) is 6.07 Å². The summed E-state index contributed by atoms with van der Waals surface area (Å²) in [6.07, 6.45) is 2.20. The van der Waals surface area contributed by atoms with Gasteiger partial charge in [0.1, 0.15) is 0 Å². The third-order valence-electron chi connectivity index (χ3n) is 4.11. The van der Waals surface area contributed by atoms with Gasteiger partial charge in [0.15, 0.2) is 0 Å². The second-order valence-corrected chi connectivity index (χ2v) is 5.32. The van der Waals surface area contributed by atoms with E-state index >= 15 is 0 Å². The van der Waals surface area contributed by atoms with Crippen LogP contribution < -0.4 is 5.69 Å². The largest absolute Gasteiger partial charge is 0.478 e. The summed E-state index contributed by atoms with van der Waals surface area (Å²) in [5.41, 5.74) is 0.966. The summed E-state index contributed by atoms with van der Waals surface area (Å²) >= 11 is 0. The molecule has 0 amide bonds. The normalized spacial score (nSPS) is 19.8. The number of imidazole rings is 1. The van der Waals surface area contributed by atoms with Crippen LogP contribution in [-0.4, -0.2) is 45.2 Å². The first kappa shape index (κ1) is 12.9. The van der Waals surface area contributed by atoms with Crippen molar-refractivity contribution in [3.8, 4) is 0 Å². The van der Waals surface area contributed by atoms with Crippen LogP contribution in [0.15, 0.2) is 23.0 Å². The number of rotatable bonds is 3. The number of benzene rings is 1. The highest BCUT2D eigenvalue weighted by Gasteiger charge is 2.23. The van der Waals surface area contributed by atoms with Gasteiger partial charge in [0.05, 0.1) is 16.6 Å². The van der Waals surface area contributed by atoms with Gasteiger partial charge in [0.2, 0.25) is 0 Å². The van der Waals surface area contributed by atoms with Crippen LogP contribution in [-0.2, 0) is 6.54 Å². The molecule has 1 fully saturated rings. The highest BCUT2D eigenvalue weighted by atomic mass is 16.4. The molecule has 1 saturated heterocycles. The Hall–Kier alpha value is -2.08. The van der Waals surface area contributed by atoms with Crippen LogP contribution in [0, 0.1) is 0 Å². The lowest BCUT2D eigenvalue weighted by atomic mass is 10.2. The van der Waals surface area contributed by atoms with E-state index in [1.54, 1.807) is 16.7 Å². The lowest BCUT2D eigenvalue weighted by Crippen LogP contribution is -2.32. The summed E-state index contributed by atoms with van der Waals surface area (Å²) in [6, 6.07) is 5.30. The van der Waals surface area contributed by atoms with Crippen LogP contribution in [0.5, 0.6) is 0 Å². The summed E-state index contributed by atoms with van der Waals surface area (Å²) in [4.78, 5) is 28.2. The highest BCUT2D eigenvalue weighted by Crippen LogP contribution is 2.20. The zero-order valence-electron chi connectivity index (χ0n) is 11.3. The standard InChI is InChI=1S/C14H17N3O3/c1-16-7-3-4-9(16)8-17-11-6-2-5-10(13(18)19)12(11)15-14(17)20/h2,5-6,9H,3-4,7-8H2,1H3,(H,15,20)(H,18,19). The third-order valence-corrected chi connectivity index (χ3v) is 4.11. The van der Waals surface area contributed by atoms with Gasteiger partial charge < -0.3 is 15.0 Å². The second-order valence-electron chi connectivity index (χ2n) is 5.32. The molecule has 2 heterocycles.